The topological polar surface area (TPSA) is 15.3 Å². The lowest BCUT2D eigenvalue weighted by atomic mass is 10.0. The molecule has 96 valence electrons. The Bertz CT molecular complexity index is 320. The average Bonchev–Trinajstić information content (AvgIpc) is 2.26. The van der Waals surface area contributed by atoms with Crippen molar-refractivity contribution in [2.45, 2.75) is 32.7 Å². The molecule has 0 heterocycles. The molecule has 2 nitrogen and oxygen atoms in total. The quantitative estimate of drug-likeness (QED) is 0.779. The molecule has 17 heavy (non-hydrogen) atoms. The van der Waals surface area contributed by atoms with Gasteiger partial charge in [0.25, 0.3) is 0 Å². The highest BCUT2D eigenvalue weighted by molar-refractivity contribution is 5.22. The highest BCUT2D eigenvalue weighted by Crippen LogP contribution is 2.07. The molecule has 0 radical (unpaired) electrons. The monoisotopic (exact) mass is 234 g/mol. The SMILES string of the molecule is Cc1cccc(CCC(C)NCCN(C)C)c1. The third kappa shape index (κ3) is 6.44. The Labute approximate surface area is 106 Å². The van der Waals surface area contributed by atoms with Gasteiger partial charge in [-0.2, -0.15) is 0 Å². The van der Waals surface area contributed by atoms with E-state index in [0.717, 1.165) is 19.5 Å². The van der Waals surface area contributed by atoms with Gasteiger partial charge in [0.2, 0.25) is 0 Å². The van der Waals surface area contributed by atoms with Crippen LogP contribution in [0.1, 0.15) is 24.5 Å². The zero-order valence-corrected chi connectivity index (χ0v) is 11.7. The minimum absolute atomic E-state index is 0.593. The summed E-state index contributed by atoms with van der Waals surface area (Å²) in [6.45, 7) is 6.60. The summed E-state index contributed by atoms with van der Waals surface area (Å²) in [4.78, 5) is 2.21. The van der Waals surface area contributed by atoms with Gasteiger partial charge in [0, 0.05) is 19.1 Å². The molecular weight excluding hydrogens is 208 g/mol. The standard InChI is InChI=1S/C15H26N2/c1-13-6-5-7-15(12-13)9-8-14(2)16-10-11-17(3)4/h5-7,12,14,16H,8-11H2,1-4H3. The Morgan fingerprint density at radius 3 is 2.71 bits per heavy atom. The van der Waals surface area contributed by atoms with Crippen molar-refractivity contribution in [2.75, 3.05) is 27.2 Å². The minimum atomic E-state index is 0.593. The second-order valence-corrected chi connectivity index (χ2v) is 5.19. The first-order valence-corrected chi connectivity index (χ1v) is 6.51. The molecule has 0 aliphatic carbocycles. The lowest BCUT2D eigenvalue weighted by molar-refractivity contribution is 0.383. The van der Waals surface area contributed by atoms with Gasteiger partial charge >= 0.3 is 0 Å². The van der Waals surface area contributed by atoms with E-state index >= 15 is 0 Å². The number of nitrogens with one attached hydrogen (secondary N) is 1. The highest BCUT2D eigenvalue weighted by atomic mass is 15.1. The van der Waals surface area contributed by atoms with Crippen molar-refractivity contribution in [3.8, 4) is 0 Å². The average molecular weight is 234 g/mol. The van der Waals surface area contributed by atoms with E-state index in [1.165, 1.54) is 17.5 Å². The number of likely N-dealkylation sites (N-methyl/N-ethyl adjacent to an activating group) is 1. The van der Waals surface area contributed by atoms with Crippen molar-refractivity contribution >= 4 is 0 Å². The van der Waals surface area contributed by atoms with Crippen LogP contribution >= 0.6 is 0 Å². The number of nitrogens with zero attached hydrogens (tertiary/aromatic N) is 1. The maximum absolute atomic E-state index is 3.56. The molecule has 0 aromatic heterocycles. The normalized spacial score (nSPS) is 13.0. The van der Waals surface area contributed by atoms with Crippen molar-refractivity contribution in [1.82, 2.24) is 10.2 Å². The van der Waals surface area contributed by atoms with Gasteiger partial charge in [-0.05, 0) is 46.3 Å². The van der Waals surface area contributed by atoms with Gasteiger partial charge in [0.05, 0.1) is 0 Å². The molecule has 0 bridgehead atoms. The van der Waals surface area contributed by atoms with Crippen LogP contribution in [-0.4, -0.2) is 38.1 Å². The number of rotatable bonds is 7. The smallest absolute Gasteiger partial charge is 0.0101 e. The Hall–Kier alpha value is -0.860. The fourth-order valence-electron chi connectivity index (χ4n) is 1.89. The second kappa shape index (κ2) is 7.46. The van der Waals surface area contributed by atoms with Crippen LogP contribution in [0, 0.1) is 6.92 Å². The van der Waals surface area contributed by atoms with Crippen molar-refractivity contribution in [3.05, 3.63) is 35.4 Å². The van der Waals surface area contributed by atoms with E-state index in [9.17, 15) is 0 Å². The third-order valence-electron chi connectivity index (χ3n) is 3.00. The molecule has 0 fully saturated rings. The molecule has 0 aliphatic rings. The van der Waals surface area contributed by atoms with Crippen molar-refractivity contribution in [1.29, 1.82) is 0 Å². The summed E-state index contributed by atoms with van der Waals surface area (Å²) in [5.74, 6) is 0. The van der Waals surface area contributed by atoms with Crippen LogP contribution in [0.15, 0.2) is 24.3 Å². The van der Waals surface area contributed by atoms with Crippen LogP contribution in [0.4, 0.5) is 0 Å². The predicted molar refractivity (Wildman–Crippen MR) is 75.5 cm³/mol. The zero-order chi connectivity index (χ0) is 12.7. The van der Waals surface area contributed by atoms with Crippen molar-refractivity contribution < 1.29 is 0 Å². The van der Waals surface area contributed by atoms with Gasteiger partial charge in [-0.15, -0.1) is 0 Å². The summed E-state index contributed by atoms with van der Waals surface area (Å²) in [7, 11) is 4.22. The number of aryl methyl sites for hydroxylation is 2. The van der Waals surface area contributed by atoms with Gasteiger partial charge in [-0.1, -0.05) is 29.8 Å². The summed E-state index contributed by atoms with van der Waals surface area (Å²) in [5.41, 5.74) is 2.81. The predicted octanol–water partition coefficient (Wildman–Crippen LogP) is 2.47. The van der Waals surface area contributed by atoms with Gasteiger partial charge in [-0.25, -0.2) is 0 Å². The van der Waals surface area contributed by atoms with Crippen LogP contribution in [0.2, 0.25) is 0 Å². The Morgan fingerprint density at radius 2 is 2.06 bits per heavy atom. The maximum atomic E-state index is 3.56. The lowest BCUT2D eigenvalue weighted by Crippen LogP contribution is -2.33. The molecule has 0 saturated heterocycles. The highest BCUT2D eigenvalue weighted by Gasteiger charge is 2.02. The van der Waals surface area contributed by atoms with Crippen LogP contribution in [0.5, 0.6) is 0 Å². The van der Waals surface area contributed by atoms with Crippen molar-refractivity contribution in [3.63, 3.8) is 0 Å². The first kappa shape index (κ1) is 14.2. The first-order valence-electron chi connectivity index (χ1n) is 6.51. The van der Waals surface area contributed by atoms with E-state index in [1.807, 2.05) is 0 Å². The van der Waals surface area contributed by atoms with Gasteiger partial charge in [-0.3, -0.25) is 0 Å². The largest absolute Gasteiger partial charge is 0.313 e. The van der Waals surface area contributed by atoms with Gasteiger partial charge in [0.15, 0.2) is 0 Å². The number of hydrogen-bond acceptors (Lipinski definition) is 2. The zero-order valence-electron chi connectivity index (χ0n) is 11.7. The van der Waals surface area contributed by atoms with Gasteiger partial charge < -0.3 is 10.2 Å². The lowest BCUT2D eigenvalue weighted by Gasteiger charge is -2.16. The molecule has 1 N–H and O–H groups in total. The third-order valence-corrected chi connectivity index (χ3v) is 3.00. The Kier molecular flexibility index (Phi) is 6.23. The summed E-state index contributed by atoms with van der Waals surface area (Å²) < 4.78 is 0. The molecule has 2 heteroatoms. The Morgan fingerprint density at radius 1 is 1.29 bits per heavy atom. The summed E-state index contributed by atoms with van der Waals surface area (Å²) in [6, 6.07) is 9.40. The number of benzene rings is 1. The van der Waals surface area contributed by atoms with E-state index in [4.69, 9.17) is 0 Å². The van der Waals surface area contributed by atoms with E-state index < -0.39 is 0 Å². The van der Waals surface area contributed by atoms with Gasteiger partial charge in [0.1, 0.15) is 0 Å². The van der Waals surface area contributed by atoms with Crippen LogP contribution in [0.25, 0.3) is 0 Å². The minimum Gasteiger partial charge on any atom is -0.313 e. The van der Waals surface area contributed by atoms with E-state index in [2.05, 4.69) is 62.4 Å². The molecule has 0 saturated carbocycles. The number of hydrogen-bond donors (Lipinski definition) is 1. The van der Waals surface area contributed by atoms with E-state index in [-0.39, 0.29) is 0 Å². The molecule has 1 atom stereocenters. The Balaban J connectivity index is 2.21. The van der Waals surface area contributed by atoms with Crippen LogP contribution in [0.3, 0.4) is 0 Å². The van der Waals surface area contributed by atoms with Crippen molar-refractivity contribution in [2.24, 2.45) is 0 Å². The second-order valence-electron chi connectivity index (χ2n) is 5.19. The summed E-state index contributed by atoms with van der Waals surface area (Å²) in [5, 5.41) is 3.56. The van der Waals surface area contributed by atoms with Crippen LogP contribution in [-0.2, 0) is 6.42 Å². The molecule has 0 aliphatic heterocycles. The molecule has 1 unspecified atom stereocenters. The fourth-order valence-corrected chi connectivity index (χ4v) is 1.89. The molecular formula is C15H26N2. The molecule has 1 aromatic rings. The van der Waals surface area contributed by atoms with Crippen LogP contribution < -0.4 is 5.32 Å². The van der Waals surface area contributed by atoms with E-state index in [0.29, 0.717) is 6.04 Å². The molecule has 1 rings (SSSR count). The first-order chi connectivity index (χ1) is 8.08. The summed E-state index contributed by atoms with van der Waals surface area (Å²) >= 11 is 0. The molecule has 0 amide bonds. The molecule has 1 aromatic carbocycles. The maximum Gasteiger partial charge on any atom is 0.0101 e. The summed E-state index contributed by atoms with van der Waals surface area (Å²) in [6.07, 6.45) is 2.37. The van der Waals surface area contributed by atoms with E-state index in [1.54, 1.807) is 0 Å². The fraction of sp³-hybridized carbons (Fsp3) is 0.600. The molecule has 0 spiro atoms.